The smallest absolute Gasteiger partial charge is 0.266 e. The van der Waals surface area contributed by atoms with Gasteiger partial charge >= 0.3 is 0 Å². The van der Waals surface area contributed by atoms with Crippen molar-refractivity contribution in [1.29, 1.82) is 0 Å². The van der Waals surface area contributed by atoms with E-state index in [9.17, 15) is 9.59 Å². The minimum atomic E-state index is -0.265. The number of benzene rings is 1. The number of hydrogen-bond donors (Lipinski definition) is 2. The van der Waals surface area contributed by atoms with Gasteiger partial charge in [-0.25, -0.2) is 0 Å². The van der Waals surface area contributed by atoms with Crippen molar-refractivity contribution in [1.82, 2.24) is 20.2 Å². The summed E-state index contributed by atoms with van der Waals surface area (Å²) in [4.78, 5) is 33.0. The number of carbonyl (C=O) groups is 1. The molecule has 7 nitrogen and oxygen atoms in total. The van der Waals surface area contributed by atoms with Gasteiger partial charge < -0.3 is 19.9 Å². The van der Waals surface area contributed by atoms with E-state index in [1.54, 1.807) is 25.4 Å². The van der Waals surface area contributed by atoms with E-state index in [4.69, 9.17) is 4.74 Å². The number of hydrogen-bond acceptors (Lipinski definition) is 5. The van der Waals surface area contributed by atoms with Crippen LogP contribution in [-0.4, -0.2) is 60.7 Å². The van der Waals surface area contributed by atoms with Crippen molar-refractivity contribution >= 4 is 5.91 Å². The zero-order valence-electron chi connectivity index (χ0n) is 15.6. The van der Waals surface area contributed by atoms with Gasteiger partial charge in [0, 0.05) is 44.5 Å². The van der Waals surface area contributed by atoms with E-state index in [0.29, 0.717) is 23.7 Å². The fourth-order valence-corrected chi connectivity index (χ4v) is 3.41. The third kappa shape index (κ3) is 5.48. The highest BCUT2D eigenvalue weighted by Gasteiger charge is 2.22. The van der Waals surface area contributed by atoms with Crippen LogP contribution in [-0.2, 0) is 4.74 Å². The topological polar surface area (TPSA) is 87.3 Å². The molecule has 144 valence electrons. The Bertz CT molecular complexity index is 821. The lowest BCUT2D eigenvalue weighted by atomic mass is 10.1. The number of likely N-dealkylation sites (tertiary alicyclic amines) is 1. The minimum Gasteiger partial charge on any atom is -0.385 e. The molecule has 2 aromatic rings. The molecule has 27 heavy (non-hydrogen) atoms. The first-order chi connectivity index (χ1) is 13.2. The van der Waals surface area contributed by atoms with Crippen LogP contribution in [0.1, 0.15) is 23.2 Å². The summed E-state index contributed by atoms with van der Waals surface area (Å²) in [5.41, 5.74) is 1.67. The van der Waals surface area contributed by atoms with E-state index < -0.39 is 0 Å². The summed E-state index contributed by atoms with van der Waals surface area (Å²) < 4.78 is 5.10. The SMILES string of the molecule is COCCCN1CCC(CNC(=O)c2cccc(-c3cncc(=O)[nH]3)c2)C1. The van der Waals surface area contributed by atoms with E-state index >= 15 is 0 Å². The molecule has 0 spiro atoms. The van der Waals surface area contributed by atoms with Crippen LogP contribution in [0.4, 0.5) is 0 Å². The molecule has 1 aromatic heterocycles. The first-order valence-electron chi connectivity index (χ1n) is 9.30. The number of amides is 1. The molecule has 3 rings (SSSR count). The maximum atomic E-state index is 12.5. The second kappa shape index (κ2) is 9.43. The largest absolute Gasteiger partial charge is 0.385 e. The Morgan fingerprint density at radius 2 is 2.30 bits per heavy atom. The van der Waals surface area contributed by atoms with Crippen molar-refractivity contribution in [2.75, 3.05) is 39.9 Å². The third-order valence-corrected chi connectivity index (χ3v) is 4.83. The minimum absolute atomic E-state index is 0.0964. The molecule has 1 amide bonds. The van der Waals surface area contributed by atoms with Crippen LogP contribution < -0.4 is 10.9 Å². The van der Waals surface area contributed by atoms with Gasteiger partial charge in [-0.05, 0) is 37.4 Å². The lowest BCUT2D eigenvalue weighted by molar-refractivity contribution is 0.0947. The summed E-state index contributed by atoms with van der Waals surface area (Å²) >= 11 is 0. The van der Waals surface area contributed by atoms with Gasteiger partial charge in [0.05, 0.1) is 18.1 Å². The first kappa shape index (κ1) is 19.3. The summed E-state index contributed by atoms with van der Waals surface area (Å²) in [5, 5.41) is 3.04. The van der Waals surface area contributed by atoms with Crippen molar-refractivity contribution in [3.05, 3.63) is 52.6 Å². The van der Waals surface area contributed by atoms with Crippen molar-refractivity contribution in [3.63, 3.8) is 0 Å². The van der Waals surface area contributed by atoms with Gasteiger partial charge in [0.15, 0.2) is 0 Å². The van der Waals surface area contributed by atoms with Crippen molar-refractivity contribution in [2.24, 2.45) is 5.92 Å². The lowest BCUT2D eigenvalue weighted by Crippen LogP contribution is -2.31. The molecule has 1 atom stereocenters. The summed E-state index contributed by atoms with van der Waals surface area (Å²) in [5.74, 6) is 0.385. The van der Waals surface area contributed by atoms with E-state index in [1.165, 1.54) is 6.20 Å². The average molecular weight is 370 g/mol. The van der Waals surface area contributed by atoms with Gasteiger partial charge in [-0.15, -0.1) is 0 Å². The van der Waals surface area contributed by atoms with E-state index in [1.807, 2.05) is 12.1 Å². The summed E-state index contributed by atoms with van der Waals surface area (Å²) in [6, 6.07) is 7.20. The van der Waals surface area contributed by atoms with E-state index in [2.05, 4.69) is 20.2 Å². The zero-order chi connectivity index (χ0) is 19.1. The van der Waals surface area contributed by atoms with Crippen molar-refractivity contribution in [2.45, 2.75) is 12.8 Å². The predicted octanol–water partition coefficient (Wildman–Crippen LogP) is 1.53. The van der Waals surface area contributed by atoms with Gasteiger partial charge in [-0.1, -0.05) is 12.1 Å². The van der Waals surface area contributed by atoms with Gasteiger partial charge in [0.2, 0.25) is 0 Å². The lowest BCUT2D eigenvalue weighted by Gasteiger charge is -2.16. The number of aromatic amines is 1. The highest BCUT2D eigenvalue weighted by atomic mass is 16.5. The number of ether oxygens (including phenoxy) is 1. The van der Waals surface area contributed by atoms with E-state index in [-0.39, 0.29) is 11.5 Å². The summed E-state index contributed by atoms with van der Waals surface area (Å²) in [6.45, 7) is 4.60. The Morgan fingerprint density at radius 1 is 1.41 bits per heavy atom. The molecule has 1 aliphatic rings. The van der Waals surface area contributed by atoms with Gasteiger partial charge in [-0.2, -0.15) is 0 Å². The second-order valence-corrected chi connectivity index (χ2v) is 6.90. The fourth-order valence-electron chi connectivity index (χ4n) is 3.41. The molecule has 1 aliphatic heterocycles. The molecule has 2 heterocycles. The molecule has 0 radical (unpaired) electrons. The van der Waals surface area contributed by atoms with Crippen molar-refractivity contribution in [3.8, 4) is 11.3 Å². The molecule has 0 bridgehead atoms. The molecular formula is C20H26N4O3. The van der Waals surface area contributed by atoms with Crippen LogP contribution in [0.25, 0.3) is 11.3 Å². The molecule has 0 saturated carbocycles. The normalized spacial score (nSPS) is 17.1. The predicted molar refractivity (Wildman–Crippen MR) is 104 cm³/mol. The Hall–Kier alpha value is -2.51. The average Bonchev–Trinajstić information content (AvgIpc) is 3.14. The fraction of sp³-hybridized carbons (Fsp3) is 0.450. The number of carbonyl (C=O) groups excluding carboxylic acids is 1. The second-order valence-electron chi connectivity index (χ2n) is 6.90. The number of methoxy groups -OCH3 is 1. The van der Waals surface area contributed by atoms with Crippen LogP contribution >= 0.6 is 0 Å². The third-order valence-electron chi connectivity index (χ3n) is 4.83. The highest BCUT2D eigenvalue weighted by molar-refractivity contribution is 5.95. The maximum Gasteiger partial charge on any atom is 0.266 e. The Morgan fingerprint density at radius 3 is 3.11 bits per heavy atom. The Labute approximate surface area is 158 Å². The van der Waals surface area contributed by atoms with Crippen LogP contribution in [0.2, 0.25) is 0 Å². The van der Waals surface area contributed by atoms with Crippen LogP contribution in [0.15, 0.2) is 41.5 Å². The quantitative estimate of drug-likeness (QED) is 0.688. The number of nitrogens with one attached hydrogen (secondary N) is 2. The number of rotatable bonds is 8. The molecule has 1 aromatic carbocycles. The van der Waals surface area contributed by atoms with Crippen LogP contribution in [0.5, 0.6) is 0 Å². The molecule has 2 N–H and O–H groups in total. The summed E-state index contributed by atoms with van der Waals surface area (Å²) in [6.07, 6.45) is 4.94. The Balaban J connectivity index is 1.53. The van der Waals surface area contributed by atoms with Gasteiger partial charge in [0.1, 0.15) is 0 Å². The molecular weight excluding hydrogens is 344 g/mol. The molecule has 1 fully saturated rings. The molecule has 7 heteroatoms. The number of aromatic nitrogens is 2. The molecule has 0 aliphatic carbocycles. The highest BCUT2D eigenvalue weighted by Crippen LogP contribution is 2.18. The van der Waals surface area contributed by atoms with E-state index in [0.717, 1.165) is 44.6 Å². The van der Waals surface area contributed by atoms with Gasteiger partial charge in [-0.3, -0.25) is 14.6 Å². The monoisotopic (exact) mass is 370 g/mol. The van der Waals surface area contributed by atoms with Crippen LogP contribution in [0.3, 0.4) is 0 Å². The summed E-state index contributed by atoms with van der Waals surface area (Å²) in [7, 11) is 1.73. The van der Waals surface area contributed by atoms with Crippen molar-refractivity contribution < 1.29 is 9.53 Å². The Kier molecular flexibility index (Phi) is 6.73. The standard InChI is InChI=1S/C20H26N4O3/c1-27-9-3-7-24-8-6-15(14-24)11-22-20(26)17-5-2-4-16(10-17)18-12-21-13-19(25)23-18/h2,4-5,10,12-13,15H,3,6-9,11,14H2,1H3,(H,22,26)(H,23,25). The van der Waals surface area contributed by atoms with Gasteiger partial charge in [0.25, 0.3) is 11.5 Å². The zero-order valence-corrected chi connectivity index (χ0v) is 15.6. The maximum absolute atomic E-state index is 12.5. The molecule has 1 saturated heterocycles. The molecule has 1 unspecified atom stereocenters. The number of nitrogens with zero attached hydrogens (tertiary/aromatic N) is 2. The number of H-pyrrole nitrogens is 1. The first-order valence-corrected chi connectivity index (χ1v) is 9.30. The van der Waals surface area contributed by atoms with Crippen LogP contribution in [0, 0.1) is 5.92 Å².